The Morgan fingerprint density at radius 1 is 1.14 bits per heavy atom. The first-order chi connectivity index (χ1) is 13.5. The van der Waals surface area contributed by atoms with E-state index < -0.39 is 12.1 Å². The molecule has 0 aliphatic carbocycles. The Labute approximate surface area is 163 Å². The van der Waals surface area contributed by atoms with Crippen LogP contribution in [-0.4, -0.2) is 29.9 Å². The van der Waals surface area contributed by atoms with E-state index in [9.17, 15) is 4.79 Å². The van der Waals surface area contributed by atoms with Gasteiger partial charge in [0, 0.05) is 5.56 Å². The fraction of sp³-hybridized carbons (Fsp3) is 0.286. The fourth-order valence-electron chi connectivity index (χ4n) is 2.64. The zero-order chi connectivity index (χ0) is 20.1. The molecule has 146 valence electrons. The van der Waals surface area contributed by atoms with E-state index >= 15 is 0 Å². The summed E-state index contributed by atoms with van der Waals surface area (Å²) in [5.74, 6) is 1.11. The van der Waals surface area contributed by atoms with Crippen molar-refractivity contribution in [1.29, 1.82) is 0 Å². The topological polar surface area (TPSA) is 83.7 Å². The first-order valence-corrected chi connectivity index (χ1v) is 8.94. The van der Waals surface area contributed by atoms with Gasteiger partial charge in [-0.1, -0.05) is 17.7 Å². The van der Waals surface area contributed by atoms with Gasteiger partial charge < -0.3 is 18.6 Å². The summed E-state index contributed by atoms with van der Waals surface area (Å²) in [5.41, 5.74) is 2.24. The van der Waals surface area contributed by atoms with Gasteiger partial charge in [0.2, 0.25) is 5.89 Å². The van der Waals surface area contributed by atoms with Crippen LogP contribution in [0.3, 0.4) is 0 Å². The summed E-state index contributed by atoms with van der Waals surface area (Å²) in [6.07, 6.45) is -0.698. The van der Waals surface area contributed by atoms with E-state index in [4.69, 9.17) is 18.6 Å². The number of hydrogen-bond donors (Lipinski definition) is 0. The van der Waals surface area contributed by atoms with Crippen molar-refractivity contribution in [2.45, 2.75) is 26.9 Å². The molecule has 1 heterocycles. The highest BCUT2D eigenvalue weighted by Gasteiger charge is 2.21. The number of nitrogens with zero attached hydrogens (tertiary/aromatic N) is 2. The number of ether oxygens (including phenoxy) is 3. The summed E-state index contributed by atoms with van der Waals surface area (Å²) >= 11 is 0. The van der Waals surface area contributed by atoms with Crippen LogP contribution < -0.4 is 9.47 Å². The molecule has 0 aliphatic heterocycles. The largest absolute Gasteiger partial charge is 0.493 e. The van der Waals surface area contributed by atoms with Crippen molar-refractivity contribution in [3.05, 3.63) is 59.5 Å². The Kier molecular flexibility index (Phi) is 5.93. The Balaban J connectivity index is 1.73. The van der Waals surface area contributed by atoms with Crippen LogP contribution in [0, 0.1) is 6.92 Å². The van der Waals surface area contributed by atoms with Crippen molar-refractivity contribution >= 4 is 5.97 Å². The molecule has 2 aromatic carbocycles. The van der Waals surface area contributed by atoms with E-state index in [1.165, 1.54) is 0 Å². The molecule has 28 heavy (non-hydrogen) atoms. The zero-order valence-electron chi connectivity index (χ0n) is 16.3. The van der Waals surface area contributed by atoms with Gasteiger partial charge in [0.15, 0.2) is 17.6 Å². The maximum atomic E-state index is 12.5. The number of aryl methyl sites for hydroxylation is 1. The van der Waals surface area contributed by atoms with Gasteiger partial charge in [-0.15, -0.1) is 10.2 Å². The van der Waals surface area contributed by atoms with Crippen molar-refractivity contribution in [1.82, 2.24) is 10.2 Å². The lowest BCUT2D eigenvalue weighted by Crippen LogP contribution is -2.10. The summed E-state index contributed by atoms with van der Waals surface area (Å²) < 4.78 is 21.9. The van der Waals surface area contributed by atoms with E-state index in [0.29, 0.717) is 29.6 Å². The molecule has 0 saturated carbocycles. The average molecular weight is 382 g/mol. The Morgan fingerprint density at radius 3 is 2.68 bits per heavy atom. The number of carbonyl (C=O) groups excluding carboxylic acids is 1. The van der Waals surface area contributed by atoms with Crippen LogP contribution in [-0.2, 0) is 4.74 Å². The maximum Gasteiger partial charge on any atom is 0.339 e. The normalized spacial score (nSPS) is 11.7. The lowest BCUT2D eigenvalue weighted by Gasteiger charge is -2.12. The van der Waals surface area contributed by atoms with E-state index in [0.717, 1.165) is 11.1 Å². The molecule has 0 amide bonds. The Hall–Kier alpha value is -3.35. The van der Waals surface area contributed by atoms with Crippen molar-refractivity contribution in [3.63, 3.8) is 0 Å². The van der Waals surface area contributed by atoms with E-state index in [1.54, 1.807) is 32.2 Å². The first-order valence-electron chi connectivity index (χ1n) is 8.94. The average Bonchev–Trinajstić information content (AvgIpc) is 3.18. The number of esters is 1. The van der Waals surface area contributed by atoms with Crippen molar-refractivity contribution in [3.8, 4) is 23.0 Å². The lowest BCUT2D eigenvalue weighted by molar-refractivity contribution is 0.0279. The molecule has 0 radical (unpaired) electrons. The third kappa shape index (κ3) is 4.31. The number of aromatic nitrogens is 2. The Bertz CT molecular complexity index is 967. The minimum Gasteiger partial charge on any atom is -0.493 e. The quantitative estimate of drug-likeness (QED) is 0.561. The van der Waals surface area contributed by atoms with E-state index in [2.05, 4.69) is 10.2 Å². The number of hydrogen-bond acceptors (Lipinski definition) is 7. The smallest absolute Gasteiger partial charge is 0.339 e. The maximum absolute atomic E-state index is 12.5. The molecule has 1 unspecified atom stereocenters. The molecule has 7 heteroatoms. The standard InChI is InChI=1S/C21H22N2O5/c1-5-26-18-12-16(9-10-17(18)25-4)21(24)27-14(3)19-22-23-20(28-19)15-8-6-7-13(2)11-15/h6-12,14H,5H2,1-4H3. The molecular formula is C21H22N2O5. The van der Waals surface area contributed by atoms with Gasteiger partial charge >= 0.3 is 5.97 Å². The van der Waals surface area contributed by atoms with Crippen LogP contribution in [0.5, 0.6) is 11.5 Å². The van der Waals surface area contributed by atoms with Gasteiger partial charge in [-0.05, 0) is 51.1 Å². The molecule has 0 bridgehead atoms. The molecular weight excluding hydrogens is 360 g/mol. The van der Waals surface area contributed by atoms with Crippen LogP contribution in [0.1, 0.15) is 41.8 Å². The van der Waals surface area contributed by atoms with Gasteiger partial charge in [0.25, 0.3) is 5.89 Å². The molecule has 3 aromatic rings. The highest BCUT2D eigenvalue weighted by molar-refractivity contribution is 5.90. The van der Waals surface area contributed by atoms with Crippen LogP contribution >= 0.6 is 0 Å². The second kappa shape index (κ2) is 8.56. The second-order valence-electron chi connectivity index (χ2n) is 6.16. The monoisotopic (exact) mass is 382 g/mol. The molecule has 3 rings (SSSR count). The van der Waals surface area contributed by atoms with Gasteiger partial charge in [0.1, 0.15) is 0 Å². The van der Waals surface area contributed by atoms with E-state index in [1.807, 2.05) is 38.1 Å². The zero-order valence-corrected chi connectivity index (χ0v) is 16.3. The summed E-state index contributed by atoms with van der Waals surface area (Å²) in [7, 11) is 1.54. The second-order valence-corrected chi connectivity index (χ2v) is 6.16. The van der Waals surface area contributed by atoms with Crippen LogP contribution in [0.25, 0.3) is 11.5 Å². The van der Waals surface area contributed by atoms with Gasteiger partial charge in [-0.25, -0.2) is 4.79 Å². The molecule has 0 spiro atoms. The predicted molar refractivity (Wildman–Crippen MR) is 102 cm³/mol. The molecule has 1 atom stereocenters. The summed E-state index contributed by atoms with van der Waals surface area (Å²) in [4.78, 5) is 12.5. The van der Waals surface area contributed by atoms with Crippen molar-refractivity contribution < 1.29 is 23.4 Å². The molecule has 7 nitrogen and oxygen atoms in total. The number of carbonyl (C=O) groups is 1. The minimum absolute atomic E-state index is 0.225. The Morgan fingerprint density at radius 2 is 1.96 bits per heavy atom. The van der Waals surface area contributed by atoms with Crippen LogP contribution in [0.4, 0.5) is 0 Å². The highest BCUT2D eigenvalue weighted by Crippen LogP contribution is 2.29. The first kappa shape index (κ1) is 19.4. The van der Waals surface area contributed by atoms with Crippen LogP contribution in [0.15, 0.2) is 46.9 Å². The molecule has 0 aliphatic rings. The molecule has 0 fully saturated rings. The highest BCUT2D eigenvalue weighted by atomic mass is 16.6. The third-order valence-corrected chi connectivity index (χ3v) is 4.04. The predicted octanol–water partition coefficient (Wildman–Crippen LogP) is 4.37. The molecule has 0 N–H and O–H groups in total. The van der Waals surface area contributed by atoms with Gasteiger partial charge in [-0.3, -0.25) is 0 Å². The summed E-state index contributed by atoms with van der Waals surface area (Å²) in [5, 5.41) is 8.05. The van der Waals surface area contributed by atoms with Crippen molar-refractivity contribution in [2.24, 2.45) is 0 Å². The SMILES string of the molecule is CCOc1cc(C(=O)OC(C)c2nnc(-c3cccc(C)c3)o2)ccc1OC. The lowest BCUT2D eigenvalue weighted by atomic mass is 10.1. The van der Waals surface area contributed by atoms with Crippen molar-refractivity contribution in [2.75, 3.05) is 13.7 Å². The number of rotatable bonds is 7. The molecule has 0 saturated heterocycles. The van der Waals surface area contributed by atoms with Gasteiger partial charge in [-0.2, -0.15) is 0 Å². The third-order valence-electron chi connectivity index (χ3n) is 4.04. The summed E-state index contributed by atoms with van der Waals surface area (Å²) in [6, 6.07) is 12.6. The van der Waals surface area contributed by atoms with Gasteiger partial charge in [0.05, 0.1) is 19.3 Å². The van der Waals surface area contributed by atoms with E-state index in [-0.39, 0.29) is 5.89 Å². The number of benzene rings is 2. The fourth-order valence-corrected chi connectivity index (χ4v) is 2.64. The number of methoxy groups -OCH3 is 1. The molecule has 1 aromatic heterocycles. The minimum atomic E-state index is -0.698. The summed E-state index contributed by atoms with van der Waals surface area (Å²) in [6.45, 7) is 5.97. The van der Waals surface area contributed by atoms with Crippen LogP contribution in [0.2, 0.25) is 0 Å².